The second kappa shape index (κ2) is 7.21. The second-order valence-electron chi connectivity index (χ2n) is 4.07. The van der Waals surface area contributed by atoms with Crippen molar-refractivity contribution in [2.45, 2.75) is 29.9 Å². The van der Waals surface area contributed by atoms with Crippen LogP contribution < -0.4 is 5.32 Å². The van der Waals surface area contributed by atoms with Crippen molar-refractivity contribution in [1.29, 1.82) is 0 Å². The first-order valence-electron chi connectivity index (χ1n) is 6.23. The Bertz CT molecular complexity index is 519. The highest BCUT2D eigenvalue weighted by Gasteiger charge is 2.07. The normalized spacial score (nSPS) is 10.6. The molecule has 0 saturated carbocycles. The Balaban J connectivity index is 2.03. The van der Waals surface area contributed by atoms with E-state index in [9.17, 15) is 4.39 Å². The number of benzene rings is 1. The average molecular weight is 277 g/mol. The van der Waals surface area contributed by atoms with E-state index in [2.05, 4.69) is 22.2 Å². The van der Waals surface area contributed by atoms with Crippen molar-refractivity contribution in [3.05, 3.63) is 48.0 Å². The van der Waals surface area contributed by atoms with E-state index in [0.29, 0.717) is 16.6 Å². The number of nitrogens with zero attached hydrogens (tertiary/aromatic N) is 2. The maximum atomic E-state index is 13.9. The van der Waals surface area contributed by atoms with Crippen molar-refractivity contribution in [3.63, 3.8) is 0 Å². The van der Waals surface area contributed by atoms with E-state index < -0.39 is 0 Å². The largest absolute Gasteiger partial charge is 0.313 e. The van der Waals surface area contributed by atoms with E-state index in [-0.39, 0.29) is 5.82 Å². The fourth-order valence-corrected chi connectivity index (χ4v) is 2.30. The maximum absolute atomic E-state index is 13.9. The minimum Gasteiger partial charge on any atom is -0.313 e. The van der Waals surface area contributed by atoms with Gasteiger partial charge in [-0.3, -0.25) is 0 Å². The molecule has 0 atom stereocenters. The van der Waals surface area contributed by atoms with Crippen LogP contribution in [0.1, 0.15) is 18.9 Å². The first-order chi connectivity index (χ1) is 9.29. The molecule has 0 radical (unpaired) electrons. The molecule has 0 saturated heterocycles. The van der Waals surface area contributed by atoms with Gasteiger partial charge in [-0.2, -0.15) is 0 Å². The van der Waals surface area contributed by atoms with E-state index in [0.717, 1.165) is 18.5 Å². The summed E-state index contributed by atoms with van der Waals surface area (Å²) < 4.78 is 13.9. The smallest absolute Gasteiger partial charge is 0.192 e. The first-order valence-corrected chi connectivity index (χ1v) is 7.05. The van der Waals surface area contributed by atoms with Crippen LogP contribution in [0.4, 0.5) is 4.39 Å². The molecule has 1 N–H and O–H groups in total. The fraction of sp³-hybridized carbons (Fsp3) is 0.286. The Hall–Kier alpha value is -1.46. The molecule has 19 heavy (non-hydrogen) atoms. The van der Waals surface area contributed by atoms with Crippen LogP contribution in [0.25, 0.3) is 0 Å². The highest BCUT2D eigenvalue weighted by Crippen LogP contribution is 2.27. The van der Waals surface area contributed by atoms with E-state index in [1.165, 1.54) is 11.8 Å². The van der Waals surface area contributed by atoms with Gasteiger partial charge in [0.2, 0.25) is 0 Å². The van der Waals surface area contributed by atoms with E-state index in [4.69, 9.17) is 0 Å². The van der Waals surface area contributed by atoms with Crippen LogP contribution in [0, 0.1) is 5.82 Å². The number of halogens is 1. The number of rotatable bonds is 6. The van der Waals surface area contributed by atoms with Crippen molar-refractivity contribution < 1.29 is 4.39 Å². The molecule has 0 aliphatic carbocycles. The zero-order chi connectivity index (χ0) is 13.5. The Morgan fingerprint density at radius 1 is 1.26 bits per heavy atom. The standard InChI is InChI=1S/C14H16FN3S/c1-2-6-16-10-11-4-5-13(12(15)9-11)19-14-17-7-3-8-18-14/h3-5,7-9,16H,2,6,10H2,1H3. The Morgan fingerprint density at radius 2 is 2.05 bits per heavy atom. The third kappa shape index (κ3) is 4.29. The zero-order valence-electron chi connectivity index (χ0n) is 10.8. The minimum atomic E-state index is -0.228. The van der Waals surface area contributed by atoms with E-state index in [1.54, 1.807) is 30.6 Å². The minimum absolute atomic E-state index is 0.228. The van der Waals surface area contributed by atoms with E-state index >= 15 is 0 Å². The molecular formula is C14H16FN3S. The number of hydrogen-bond acceptors (Lipinski definition) is 4. The predicted molar refractivity (Wildman–Crippen MR) is 74.6 cm³/mol. The molecule has 100 valence electrons. The molecule has 0 bridgehead atoms. The van der Waals surface area contributed by atoms with Gasteiger partial charge in [0.25, 0.3) is 0 Å². The molecule has 0 spiro atoms. The molecule has 0 aliphatic rings. The van der Waals surface area contributed by atoms with Gasteiger partial charge in [-0.25, -0.2) is 14.4 Å². The summed E-state index contributed by atoms with van der Waals surface area (Å²) >= 11 is 1.23. The van der Waals surface area contributed by atoms with Gasteiger partial charge in [-0.1, -0.05) is 13.0 Å². The van der Waals surface area contributed by atoms with Crippen LogP contribution in [0.15, 0.2) is 46.7 Å². The van der Waals surface area contributed by atoms with Crippen LogP contribution in [0.5, 0.6) is 0 Å². The molecule has 1 heterocycles. The van der Waals surface area contributed by atoms with Gasteiger partial charge < -0.3 is 5.32 Å². The summed E-state index contributed by atoms with van der Waals surface area (Å²) in [6, 6.07) is 7.01. The molecule has 3 nitrogen and oxygen atoms in total. The quantitative estimate of drug-likeness (QED) is 0.649. The molecule has 1 aromatic carbocycles. The summed E-state index contributed by atoms with van der Waals surface area (Å²) in [5.74, 6) is -0.228. The summed E-state index contributed by atoms with van der Waals surface area (Å²) in [6.45, 7) is 3.74. The molecule has 2 aromatic rings. The second-order valence-corrected chi connectivity index (χ2v) is 5.08. The monoisotopic (exact) mass is 277 g/mol. The highest BCUT2D eigenvalue weighted by molar-refractivity contribution is 7.99. The summed E-state index contributed by atoms with van der Waals surface area (Å²) in [6.07, 6.45) is 4.37. The molecule has 0 aliphatic heterocycles. The van der Waals surface area contributed by atoms with Crippen LogP contribution in [0.3, 0.4) is 0 Å². The van der Waals surface area contributed by atoms with Crippen molar-refractivity contribution in [2.75, 3.05) is 6.54 Å². The lowest BCUT2D eigenvalue weighted by Crippen LogP contribution is -2.13. The van der Waals surface area contributed by atoms with Crippen LogP contribution >= 0.6 is 11.8 Å². The van der Waals surface area contributed by atoms with Crippen LogP contribution in [0.2, 0.25) is 0 Å². The average Bonchev–Trinajstić information content (AvgIpc) is 2.43. The van der Waals surface area contributed by atoms with Gasteiger partial charge in [0, 0.05) is 18.9 Å². The molecule has 5 heteroatoms. The van der Waals surface area contributed by atoms with Gasteiger partial charge in [-0.05, 0) is 48.5 Å². The SMILES string of the molecule is CCCNCc1ccc(Sc2ncccn2)c(F)c1. The van der Waals surface area contributed by atoms with Gasteiger partial charge in [0.15, 0.2) is 5.16 Å². The third-order valence-corrected chi connectivity index (χ3v) is 3.44. The summed E-state index contributed by atoms with van der Waals surface area (Å²) in [5.41, 5.74) is 0.948. The summed E-state index contributed by atoms with van der Waals surface area (Å²) in [4.78, 5) is 8.69. The van der Waals surface area contributed by atoms with Gasteiger partial charge >= 0.3 is 0 Å². The van der Waals surface area contributed by atoms with Crippen LogP contribution in [-0.4, -0.2) is 16.5 Å². The molecule has 0 amide bonds. The Morgan fingerprint density at radius 3 is 2.74 bits per heavy atom. The molecular weight excluding hydrogens is 261 g/mol. The van der Waals surface area contributed by atoms with Gasteiger partial charge in [-0.15, -0.1) is 0 Å². The number of nitrogens with one attached hydrogen (secondary N) is 1. The molecule has 2 rings (SSSR count). The van der Waals surface area contributed by atoms with Crippen molar-refractivity contribution in [1.82, 2.24) is 15.3 Å². The lowest BCUT2D eigenvalue weighted by atomic mass is 10.2. The zero-order valence-corrected chi connectivity index (χ0v) is 11.6. The first kappa shape index (κ1) is 14.0. The van der Waals surface area contributed by atoms with Gasteiger partial charge in [0.1, 0.15) is 5.82 Å². The third-order valence-electron chi connectivity index (χ3n) is 2.50. The molecule has 0 unspecified atom stereocenters. The number of hydrogen-bond donors (Lipinski definition) is 1. The summed E-state index contributed by atoms with van der Waals surface area (Å²) in [7, 11) is 0. The molecule has 1 aromatic heterocycles. The van der Waals surface area contributed by atoms with Crippen LogP contribution in [-0.2, 0) is 6.54 Å². The Labute approximate surface area is 116 Å². The maximum Gasteiger partial charge on any atom is 0.192 e. The van der Waals surface area contributed by atoms with Crippen molar-refractivity contribution in [3.8, 4) is 0 Å². The Kier molecular flexibility index (Phi) is 5.30. The van der Waals surface area contributed by atoms with E-state index in [1.807, 2.05) is 6.07 Å². The number of aromatic nitrogens is 2. The highest BCUT2D eigenvalue weighted by atomic mass is 32.2. The fourth-order valence-electron chi connectivity index (χ4n) is 1.58. The van der Waals surface area contributed by atoms with Gasteiger partial charge in [0.05, 0.1) is 4.90 Å². The topological polar surface area (TPSA) is 37.8 Å². The van der Waals surface area contributed by atoms with Crippen molar-refractivity contribution in [2.24, 2.45) is 0 Å². The predicted octanol–water partition coefficient (Wildman–Crippen LogP) is 3.27. The lowest BCUT2D eigenvalue weighted by Gasteiger charge is -2.06. The molecule has 0 fully saturated rings. The lowest BCUT2D eigenvalue weighted by molar-refractivity contribution is 0.594. The van der Waals surface area contributed by atoms with Crippen molar-refractivity contribution >= 4 is 11.8 Å². The summed E-state index contributed by atoms with van der Waals surface area (Å²) in [5, 5.41) is 3.80.